The van der Waals surface area contributed by atoms with Crippen LogP contribution in [0.2, 0.25) is 0 Å². The fourth-order valence-electron chi connectivity index (χ4n) is 3.41. The number of nitrogens with zero attached hydrogens (tertiary/aromatic N) is 1. The number of rotatable bonds is 7. The second-order valence-electron chi connectivity index (χ2n) is 7.57. The van der Waals surface area contributed by atoms with Crippen LogP contribution in [0.1, 0.15) is 44.1 Å². The quantitative estimate of drug-likeness (QED) is 0.740. The largest absolute Gasteiger partial charge is 0.482 e. The molecule has 0 bridgehead atoms. The number of nitrogens with two attached hydrogens (primary N) is 1. The molecule has 1 aliphatic rings. The molecule has 0 saturated heterocycles. The molecule has 0 heterocycles. The summed E-state index contributed by atoms with van der Waals surface area (Å²) in [6, 6.07) is 5.56. The molecule has 0 spiro atoms. The fourth-order valence-corrected chi connectivity index (χ4v) is 3.41. The van der Waals surface area contributed by atoms with Crippen molar-refractivity contribution in [3.05, 3.63) is 23.8 Å². The lowest BCUT2D eigenvalue weighted by Gasteiger charge is -2.35. The highest BCUT2D eigenvalue weighted by Crippen LogP contribution is 2.39. The number of likely N-dealkylation sites (N-methyl/N-ethyl adjacent to an activating group) is 1. The lowest BCUT2D eigenvalue weighted by atomic mass is 9.71. The third-order valence-corrected chi connectivity index (χ3v) is 5.14. The van der Waals surface area contributed by atoms with E-state index in [0.29, 0.717) is 24.4 Å². The third-order valence-electron chi connectivity index (χ3n) is 5.14. The van der Waals surface area contributed by atoms with E-state index in [4.69, 9.17) is 10.5 Å². The maximum Gasteiger partial charge on any atom is 0.259 e. The van der Waals surface area contributed by atoms with Crippen molar-refractivity contribution in [2.75, 3.05) is 32.6 Å². The maximum absolute atomic E-state index is 12.6. The van der Waals surface area contributed by atoms with Gasteiger partial charge < -0.3 is 20.7 Å². The number of carbonyl (C=O) groups excluding carboxylic acids is 2. The van der Waals surface area contributed by atoms with Gasteiger partial charge in [-0.25, -0.2) is 0 Å². The molecular formula is C20H32ClN3O3. The first kappa shape index (κ1) is 23.2. The maximum atomic E-state index is 12.6. The number of anilines is 1. The van der Waals surface area contributed by atoms with Crippen molar-refractivity contribution in [3.8, 4) is 5.75 Å². The molecule has 3 N–H and O–H groups in total. The number of halogens is 1. The van der Waals surface area contributed by atoms with Gasteiger partial charge in [0, 0.05) is 20.5 Å². The highest BCUT2D eigenvalue weighted by molar-refractivity contribution is 5.93. The number of ether oxygens (including phenoxy) is 1. The first-order chi connectivity index (χ1) is 12.3. The summed E-state index contributed by atoms with van der Waals surface area (Å²) in [6.07, 6.45) is 5.93. The number of hydrogen-bond donors (Lipinski definition) is 2. The van der Waals surface area contributed by atoms with E-state index in [9.17, 15) is 9.59 Å². The molecule has 1 aliphatic carbocycles. The number of carbonyl (C=O) groups is 2. The smallest absolute Gasteiger partial charge is 0.259 e. The molecule has 27 heavy (non-hydrogen) atoms. The minimum absolute atomic E-state index is 0. The molecule has 0 aromatic heterocycles. The van der Waals surface area contributed by atoms with Crippen LogP contribution in [0, 0.1) is 12.3 Å². The molecule has 0 radical (unpaired) electrons. The summed E-state index contributed by atoms with van der Waals surface area (Å²) in [6.45, 7) is 2.42. The van der Waals surface area contributed by atoms with E-state index in [1.807, 2.05) is 25.1 Å². The summed E-state index contributed by atoms with van der Waals surface area (Å²) >= 11 is 0. The van der Waals surface area contributed by atoms with Crippen molar-refractivity contribution in [1.82, 2.24) is 4.90 Å². The number of nitrogens with one attached hydrogen (secondary N) is 1. The Morgan fingerprint density at radius 3 is 2.48 bits per heavy atom. The van der Waals surface area contributed by atoms with Gasteiger partial charge in [0.25, 0.3) is 5.91 Å². The minimum Gasteiger partial charge on any atom is -0.482 e. The molecule has 6 nitrogen and oxygen atoms in total. The third kappa shape index (κ3) is 6.70. The molecule has 1 fully saturated rings. The van der Waals surface area contributed by atoms with E-state index < -0.39 is 0 Å². The Balaban J connectivity index is 0.00000364. The Bertz CT molecular complexity index is 643. The van der Waals surface area contributed by atoms with Crippen LogP contribution in [0.25, 0.3) is 0 Å². The Labute approximate surface area is 168 Å². The summed E-state index contributed by atoms with van der Waals surface area (Å²) in [7, 11) is 3.36. The normalized spacial score (nSPS) is 15.4. The van der Waals surface area contributed by atoms with Crippen LogP contribution in [-0.4, -0.2) is 44.0 Å². The highest BCUT2D eigenvalue weighted by atomic mass is 35.5. The molecule has 7 heteroatoms. The zero-order chi connectivity index (χ0) is 19.2. The van der Waals surface area contributed by atoms with Crippen LogP contribution in [0.4, 0.5) is 5.69 Å². The van der Waals surface area contributed by atoms with Gasteiger partial charge in [0.15, 0.2) is 6.61 Å². The van der Waals surface area contributed by atoms with Gasteiger partial charge in [-0.05, 0) is 49.4 Å². The van der Waals surface area contributed by atoms with E-state index in [1.54, 1.807) is 14.1 Å². The van der Waals surface area contributed by atoms with Crippen LogP contribution >= 0.6 is 12.4 Å². The molecule has 152 valence electrons. The van der Waals surface area contributed by atoms with Crippen molar-refractivity contribution < 1.29 is 14.3 Å². The van der Waals surface area contributed by atoms with Crippen molar-refractivity contribution in [2.45, 2.75) is 45.4 Å². The number of aryl methyl sites for hydroxylation is 1. The SMILES string of the molecule is Cc1ccc(NC(=O)CC2(CN)CCCCC2)c(OCC(=O)N(C)C)c1.Cl. The number of benzene rings is 1. The van der Waals surface area contributed by atoms with E-state index in [0.717, 1.165) is 31.2 Å². The lowest BCUT2D eigenvalue weighted by molar-refractivity contribution is -0.130. The average Bonchev–Trinajstić information content (AvgIpc) is 2.62. The molecule has 0 atom stereocenters. The van der Waals surface area contributed by atoms with Gasteiger partial charge in [-0.2, -0.15) is 0 Å². The number of hydrogen-bond acceptors (Lipinski definition) is 4. The zero-order valence-electron chi connectivity index (χ0n) is 16.5. The average molecular weight is 398 g/mol. The zero-order valence-corrected chi connectivity index (χ0v) is 17.4. The van der Waals surface area contributed by atoms with Crippen molar-refractivity contribution in [3.63, 3.8) is 0 Å². The first-order valence-electron chi connectivity index (χ1n) is 9.29. The Hall–Kier alpha value is -1.79. The first-order valence-corrected chi connectivity index (χ1v) is 9.29. The minimum atomic E-state index is -0.131. The Morgan fingerprint density at radius 2 is 1.89 bits per heavy atom. The summed E-state index contributed by atoms with van der Waals surface area (Å²) in [5.41, 5.74) is 7.50. The topological polar surface area (TPSA) is 84.7 Å². The van der Waals surface area contributed by atoms with Gasteiger partial charge in [-0.15, -0.1) is 12.4 Å². The summed E-state index contributed by atoms with van der Waals surface area (Å²) in [4.78, 5) is 25.9. The summed E-state index contributed by atoms with van der Waals surface area (Å²) in [5.74, 6) is 0.331. The van der Waals surface area contributed by atoms with Gasteiger partial charge in [0.05, 0.1) is 5.69 Å². The van der Waals surface area contributed by atoms with E-state index in [-0.39, 0.29) is 36.2 Å². The van der Waals surface area contributed by atoms with Crippen LogP contribution < -0.4 is 15.8 Å². The predicted molar refractivity (Wildman–Crippen MR) is 110 cm³/mol. The molecule has 0 unspecified atom stereocenters. The Kier molecular flexibility index (Phi) is 9.06. The lowest BCUT2D eigenvalue weighted by Crippen LogP contribution is -2.36. The van der Waals surface area contributed by atoms with Crippen molar-refractivity contribution in [1.29, 1.82) is 0 Å². The van der Waals surface area contributed by atoms with Crippen LogP contribution in [0.3, 0.4) is 0 Å². The number of amides is 2. The van der Waals surface area contributed by atoms with Crippen LogP contribution in [0.5, 0.6) is 5.75 Å². The van der Waals surface area contributed by atoms with Crippen molar-refractivity contribution in [2.24, 2.45) is 11.1 Å². The monoisotopic (exact) mass is 397 g/mol. The van der Waals surface area contributed by atoms with E-state index in [1.165, 1.54) is 11.3 Å². The van der Waals surface area contributed by atoms with Crippen LogP contribution in [-0.2, 0) is 9.59 Å². The molecule has 1 aromatic carbocycles. The fraction of sp³-hybridized carbons (Fsp3) is 0.600. The summed E-state index contributed by atoms with van der Waals surface area (Å²) < 4.78 is 5.65. The Morgan fingerprint density at radius 1 is 1.22 bits per heavy atom. The van der Waals surface area contributed by atoms with E-state index in [2.05, 4.69) is 5.32 Å². The molecule has 1 saturated carbocycles. The van der Waals surface area contributed by atoms with E-state index >= 15 is 0 Å². The van der Waals surface area contributed by atoms with Gasteiger partial charge >= 0.3 is 0 Å². The second-order valence-corrected chi connectivity index (χ2v) is 7.57. The highest BCUT2D eigenvalue weighted by Gasteiger charge is 2.33. The molecule has 1 aromatic rings. The predicted octanol–water partition coefficient (Wildman–Crippen LogP) is 3.12. The second kappa shape index (κ2) is 10.5. The van der Waals surface area contributed by atoms with Crippen LogP contribution in [0.15, 0.2) is 18.2 Å². The standard InChI is InChI=1S/C20H31N3O3.ClH/c1-15-7-8-16(17(11-15)26-13-19(25)23(2)3)22-18(24)12-20(14-21)9-5-4-6-10-20;/h7-8,11H,4-6,9-10,12-14,21H2,1-3H3,(H,22,24);1H. The molecule has 2 rings (SSSR count). The summed E-state index contributed by atoms with van der Waals surface area (Å²) in [5, 5.41) is 2.95. The molecule has 2 amide bonds. The van der Waals surface area contributed by atoms with Crippen molar-refractivity contribution >= 4 is 29.9 Å². The molecular weight excluding hydrogens is 366 g/mol. The van der Waals surface area contributed by atoms with Gasteiger partial charge in [0.2, 0.25) is 5.91 Å². The molecule has 0 aliphatic heterocycles. The van der Waals surface area contributed by atoms with Gasteiger partial charge in [-0.1, -0.05) is 25.3 Å². The van der Waals surface area contributed by atoms with Gasteiger partial charge in [-0.3, -0.25) is 9.59 Å². The van der Waals surface area contributed by atoms with Gasteiger partial charge in [0.1, 0.15) is 5.75 Å².